The van der Waals surface area contributed by atoms with Crippen LogP contribution in [0.5, 0.6) is 0 Å². The molecule has 21 heavy (non-hydrogen) atoms. The molecule has 1 aliphatic rings. The van der Waals surface area contributed by atoms with Crippen molar-refractivity contribution in [1.82, 2.24) is 4.98 Å². The number of aromatic nitrogens is 1. The van der Waals surface area contributed by atoms with Gasteiger partial charge in [-0.1, -0.05) is 30.0 Å². The molecule has 0 unspecified atom stereocenters. The van der Waals surface area contributed by atoms with Gasteiger partial charge in [0.1, 0.15) is 0 Å². The number of nitrogens with zero attached hydrogens (tertiary/aromatic N) is 2. The predicted molar refractivity (Wildman–Crippen MR) is 82.2 cm³/mol. The summed E-state index contributed by atoms with van der Waals surface area (Å²) in [5.74, 6) is -0.319. The molecule has 106 valence electrons. The van der Waals surface area contributed by atoms with Gasteiger partial charge in [0.2, 0.25) is 11.8 Å². The lowest BCUT2D eigenvalue weighted by atomic mass is 10.2. The summed E-state index contributed by atoms with van der Waals surface area (Å²) in [6.45, 7) is 1.94. The third-order valence-electron chi connectivity index (χ3n) is 3.27. The quantitative estimate of drug-likeness (QED) is 0.818. The second-order valence-corrected chi connectivity index (χ2v) is 6.11. The SMILES string of the molecule is Cc1cccc(N2C(=O)C[C@H](Sc3ccccn3)C2=O)c1. The van der Waals surface area contributed by atoms with E-state index in [0.717, 1.165) is 10.6 Å². The summed E-state index contributed by atoms with van der Waals surface area (Å²) >= 11 is 1.34. The van der Waals surface area contributed by atoms with Crippen molar-refractivity contribution in [1.29, 1.82) is 0 Å². The van der Waals surface area contributed by atoms with Crippen LogP contribution in [-0.4, -0.2) is 22.0 Å². The average Bonchev–Trinajstić information content (AvgIpc) is 2.74. The molecule has 1 fully saturated rings. The molecule has 3 rings (SSSR count). The molecule has 1 atom stereocenters. The van der Waals surface area contributed by atoms with Crippen LogP contribution in [-0.2, 0) is 9.59 Å². The molecule has 0 bridgehead atoms. The van der Waals surface area contributed by atoms with Crippen molar-refractivity contribution in [3.05, 3.63) is 54.2 Å². The van der Waals surface area contributed by atoms with Crippen molar-refractivity contribution in [3.8, 4) is 0 Å². The first-order valence-corrected chi connectivity index (χ1v) is 7.54. The van der Waals surface area contributed by atoms with Gasteiger partial charge in [-0.05, 0) is 36.8 Å². The van der Waals surface area contributed by atoms with Gasteiger partial charge in [0, 0.05) is 12.6 Å². The molecular weight excluding hydrogens is 284 g/mol. The number of hydrogen-bond donors (Lipinski definition) is 0. The molecule has 2 heterocycles. The molecule has 4 nitrogen and oxygen atoms in total. The van der Waals surface area contributed by atoms with Crippen molar-refractivity contribution in [3.63, 3.8) is 0 Å². The zero-order chi connectivity index (χ0) is 14.8. The van der Waals surface area contributed by atoms with Crippen molar-refractivity contribution in [2.75, 3.05) is 4.90 Å². The molecule has 2 aromatic rings. The van der Waals surface area contributed by atoms with Crippen molar-refractivity contribution < 1.29 is 9.59 Å². The molecule has 1 aliphatic heterocycles. The second-order valence-electron chi connectivity index (χ2n) is 4.88. The maximum Gasteiger partial charge on any atom is 0.247 e. The highest BCUT2D eigenvalue weighted by Crippen LogP contribution is 2.33. The van der Waals surface area contributed by atoms with Gasteiger partial charge in [0.15, 0.2) is 0 Å². The first-order chi connectivity index (χ1) is 10.1. The number of imide groups is 1. The Morgan fingerprint density at radius 1 is 1.19 bits per heavy atom. The minimum atomic E-state index is -0.395. The number of pyridine rings is 1. The van der Waals surface area contributed by atoms with E-state index in [-0.39, 0.29) is 18.2 Å². The Kier molecular flexibility index (Phi) is 3.75. The van der Waals surface area contributed by atoms with Gasteiger partial charge in [-0.25, -0.2) is 9.88 Å². The van der Waals surface area contributed by atoms with E-state index in [1.54, 1.807) is 12.3 Å². The second kappa shape index (κ2) is 5.69. The number of amides is 2. The smallest absolute Gasteiger partial charge is 0.247 e. The number of carbonyl (C=O) groups is 2. The zero-order valence-corrected chi connectivity index (χ0v) is 12.3. The standard InChI is InChI=1S/C16H14N2O2S/c1-11-5-4-6-12(9-11)18-15(19)10-13(16(18)20)21-14-7-2-3-8-17-14/h2-9,13H,10H2,1H3/t13-/m0/s1. The first kappa shape index (κ1) is 13.8. The van der Waals surface area contributed by atoms with Crippen LogP contribution in [0.3, 0.4) is 0 Å². The maximum absolute atomic E-state index is 12.5. The molecule has 0 aliphatic carbocycles. The normalized spacial score (nSPS) is 18.3. The fourth-order valence-electron chi connectivity index (χ4n) is 2.30. The monoisotopic (exact) mass is 298 g/mol. The van der Waals surface area contributed by atoms with Gasteiger partial charge in [-0.3, -0.25) is 9.59 Å². The summed E-state index contributed by atoms with van der Waals surface area (Å²) in [5.41, 5.74) is 1.67. The Labute approximate surface area is 127 Å². The number of rotatable bonds is 3. The molecule has 2 amide bonds. The van der Waals surface area contributed by atoms with Gasteiger partial charge in [-0.15, -0.1) is 0 Å². The summed E-state index contributed by atoms with van der Waals surface area (Å²) < 4.78 is 0. The molecule has 0 saturated carbocycles. The van der Waals surface area contributed by atoms with E-state index in [4.69, 9.17) is 0 Å². The van der Waals surface area contributed by atoms with Crippen LogP contribution in [0.2, 0.25) is 0 Å². The molecular formula is C16H14N2O2S. The summed E-state index contributed by atoms with van der Waals surface area (Å²) in [7, 11) is 0. The maximum atomic E-state index is 12.5. The van der Waals surface area contributed by atoms with Gasteiger partial charge in [0.05, 0.1) is 16.0 Å². The Morgan fingerprint density at radius 2 is 2.05 bits per heavy atom. The molecule has 0 spiro atoms. The Morgan fingerprint density at radius 3 is 2.76 bits per heavy atom. The van der Waals surface area contributed by atoms with Crippen molar-refractivity contribution in [2.45, 2.75) is 23.6 Å². The van der Waals surface area contributed by atoms with E-state index in [2.05, 4.69) is 4.98 Å². The van der Waals surface area contributed by atoms with Gasteiger partial charge < -0.3 is 0 Å². The summed E-state index contributed by atoms with van der Waals surface area (Å²) in [6.07, 6.45) is 1.90. The molecule has 1 aromatic carbocycles. The fourth-order valence-corrected chi connectivity index (χ4v) is 3.30. The molecule has 1 aromatic heterocycles. The van der Waals surface area contributed by atoms with E-state index in [9.17, 15) is 9.59 Å². The van der Waals surface area contributed by atoms with Crippen LogP contribution >= 0.6 is 11.8 Å². The van der Waals surface area contributed by atoms with Crippen LogP contribution in [0, 0.1) is 6.92 Å². The highest BCUT2D eigenvalue weighted by atomic mass is 32.2. The summed E-state index contributed by atoms with van der Waals surface area (Å²) in [4.78, 5) is 30.1. The van der Waals surface area contributed by atoms with E-state index in [1.165, 1.54) is 16.7 Å². The number of anilines is 1. The van der Waals surface area contributed by atoms with Gasteiger partial charge >= 0.3 is 0 Å². The number of carbonyl (C=O) groups excluding carboxylic acids is 2. The Bertz CT molecular complexity index is 688. The first-order valence-electron chi connectivity index (χ1n) is 6.66. The highest BCUT2D eigenvalue weighted by Gasteiger charge is 2.40. The average molecular weight is 298 g/mol. The van der Waals surface area contributed by atoms with E-state index in [1.807, 2.05) is 43.3 Å². The van der Waals surface area contributed by atoms with Crippen molar-refractivity contribution >= 4 is 29.3 Å². The Hall–Kier alpha value is -2.14. The molecule has 0 radical (unpaired) electrons. The van der Waals surface area contributed by atoms with E-state index in [0.29, 0.717) is 5.69 Å². The lowest BCUT2D eigenvalue weighted by Gasteiger charge is -2.15. The topological polar surface area (TPSA) is 50.3 Å². The predicted octanol–water partition coefficient (Wildman–Crippen LogP) is 2.81. The highest BCUT2D eigenvalue weighted by molar-refractivity contribution is 8.00. The summed E-state index contributed by atoms with van der Waals surface area (Å²) in [6, 6.07) is 13.0. The largest absolute Gasteiger partial charge is 0.274 e. The minimum absolute atomic E-state index is 0.154. The molecule has 1 saturated heterocycles. The Balaban J connectivity index is 1.82. The summed E-state index contributed by atoms with van der Waals surface area (Å²) in [5, 5.41) is 0.364. The minimum Gasteiger partial charge on any atom is -0.274 e. The fraction of sp³-hybridized carbons (Fsp3) is 0.188. The number of thioether (sulfide) groups is 1. The lowest BCUT2D eigenvalue weighted by Crippen LogP contribution is -2.31. The zero-order valence-electron chi connectivity index (χ0n) is 11.5. The van der Waals surface area contributed by atoms with Crippen molar-refractivity contribution in [2.24, 2.45) is 0 Å². The van der Waals surface area contributed by atoms with Gasteiger partial charge in [0.25, 0.3) is 0 Å². The van der Waals surface area contributed by atoms with Crippen LogP contribution in [0.4, 0.5) is 5.69 Å². The third-order valence-corrected chi connectivity index (χ3v) is 4.40. The van der Waals surface area contributed by atoms with Crippen LogP contribution < -0.4 is 4.90 Å². The van der Waals surface area contributed by atoms with Crippen LogP contribution in [0.25, 0.3) is 0 Å². The van der Waals surface area contributed by atoms with E-state index >= 15 is 0 Å². The molecule has 5 heteroatoms. The van der Waals surface area contributed by atoms with Crippen LogP contribution in [0.15, 0.2) is 53.7 Å². The number of benzene rings is 1. The lowest BCUT2D eigenvalue weighted by molar-refractivity contribution is -0.121. The molecule has 0 N–H and O–H groups in total. The van der Waals surface area contributed by atoms with Crippen LogP contribution in [0.1, 0.15) is 12.0 Å². The third kappa shape index (κ3) is 2.83. The van der Waals surface area contributed by atoms with Gasteiger partial charge in [-0.2, -0.15) is 0 Å². The number of hydrogen-bond acceptors (Lipinski definition) is 4. The van der Waals surface area contributed by atoms with E-state index < -0.39 is 5.25 Å². The number of aryl methyl sites for hydroxylation is 1.